The van der Waals surface area contributed by atoms with Crippen LogP contribution in [0, 0.1) is 11.6 Å². The largest absolute Gasteiger partial charge is 0.870 e. The zero-order valence-corrected chi connectivity index (χ0v) is 23.8. The highest BCUT2D eigenvalue weighted by Crippen LogP contribution is 2.40. The summed E-state index contributed by atoms with van der Waals surface area (Å²) in [6.45, 7) is -0.0603. The van der Waals surface area contributed by atoms with Gasteiger partial charge >= 0.3 is 6.16 Å². The van der Waals surface area contributed by atoms with Crippen LogP contribution in [0.3, 0.4) is 0 Å². The summed E-state index contributed by atoms with van der Waals surface area (Å²) in [6.07, 6.45) is -1.53. The van der Waals surface area contributed by atoms with Crippen LogP contribution in [0.1, 0.15) is 16.7 Å². The van der Waals surface area contributed by atoms with Crippen LogP contribution in [-0.2, 0) is 31.1 Å². The number of carbonyl (C=O) groups excluding carboxylic acids is 1. The lowest BCUT2D eigenvalue weighted by Crippen LogP contribution is -2.59. The lowest BCUT2D eigenvalue weighted by atomic mass is 9.92. The van der Waals surface area contributed by atoms with E-state index >= 15 is 8.78 Å². The van der Waals surface area contributed by atoms with Crippen molar-refractivity contribution in [2.75, 3.05) is 46.9 Å². The second-order valence-electron chi connectivity index (χ2n) is 9.80. The third-order valence-electron chi connectivity index (χ3n) is 7.27. The van der Waals surface area contributed by atoms with E-state index in [9.17, 15) is 15.0 Å². The number of methoxy groups -OCH3 is 1. The van der Waals surface area contributed by atoms with Crippen molar-refractivity contribution in [2.45, 2.75) is 23.2 Å². The zero-order chi connectivity index (χ0) is 30.1. The van der Waals surface area contributed by atoms with Crippen molar-refractivity contribution in [1.82, 2.24) is 4.90 Å². The lowest BCUT2D eigenvalue weighted by molar-refractivity contribution is -0.570. The monoisotopic (exact) mass is 614 g/mol. The van der Waals surface area contributed by atoms with Crippen molar-refractivity contribution < 1.29 is 51.8 Å². The normalized spacial score (nSPS) is 17.0. The molecule has 0 amide bonds. The number of halogens is 2. The molecule has 1 atom stereocenters. The Balaban J connectivity index is 1.49. The van der Waals surface area contributed by atoms with Gasteiger partial charge in [-0.25, -0.2) is 13.6 Å². The number of carbonyl (C=O) groups is 1. The number of fused-ring (bicyclic) bond motifs is 4. The molecule has 1 saturated heterocycles. The number of aromatic nitrogens is 1. The summed E-state index contributed by atoms with van der Waals surface area (Å²) in [4.78, 5) is 14.2. The molecule has 0 radical (unpaired) electrons. The molecule has 0 N–H and O–H groups in total. The Hall–Kier alpha value is -4.14. The van der Waals surface area contributed by atoms with Gasteiger partial charge in [-0.2, -0.15) is 0 Å². The van der Waals surface area contributed by atoms with Crippen LogP contribution in [0.2, 0.25) is 0 Å². The molecule has 14 heteroatoms. The highest BCUT2D eigenvalue weighted by Gasteiger charge is 2.34. The Bertz CT molecular complexity index is 1710. The second-order valence-corrected chi connectivity index (χ2v) is 10.8. The van der Waals surface area contributed by atoms with Gasteiger partial charge in [-0.3, -0.25) is 0 Å². The van der Waals surface area contributed by atoms with Gasteiger partial charge in [0, 0.05) is 41.8 Å². The molecule has 0 spiro atoms. The highest BCUT2D eigenvalue weighted by atomic mass is 32.2. The van der Waals surface area contributed by atoms with Crippen LogP contribution in [0.4, 0.5) is 13.6 Å². The van der Waals surface area contributed by atoms with E-state index in [-0.39, 0.29) is 67.3 Å². The van der Waals surface area contributed by atoms with Crippen LogP contribution < -0.4 is 24.7 Å². The minimum atomic E-state index is -1.09. The molecule has 2 aromatic carbocycles. The summed E-state index contributed by atoms with van der Waals surface area (Å²) in [7, 11) is 1.44. The first-order chi connectivity index (χ1) is 20.9. The van der Waals surface area contributed by atoms with Gasteiger partial charge in [0.15, 0.2) is 17.4 Å². The standard InChI is InChI=1S/C29H26F2N3O8S/c1-38-8-9-40-29(37)42-15-41-27-22(35)12-21(34-26(27)28(36)33-6-7-39-13-24(33)32-34)18-11-20(30)25(31)19-14-43-23-5-3-2-4-16(23)10-17(18)19/h2-5,11-12,24H,6-10,13-15H2,1H3/q-1/t24-/m0/s1. The molecule has 0 unspecified atom stereocenters. The molecule has 4 heterocycles. The predicted octanol–water partition coefficient (Wildman–Crippen LogP) is 1.45. The fraction of sp³-hybridized carbons (Fsp3) is 0.345. The minimum absolute atomic E-state index is 0.0561. The van der Waals surface area contributed by atoms with Crippen molar-refractivity contribution in [1.29, 1.82) is 0 Å². The summed E-state index contributed by atoms with van der Waals surface area (Å²) in [6, 6.07) is 9.75. The number of hydrogen-bond donors (Lipinski definition) is 0. The van der Waals surface area contributed by atoms with E-state index in [0.717, 1.165) is 22.6 Å². The number of pyridine rings is 1. The molecule has 0 aliphatic carbocycles. The van der Waals surface area contributed by atoms with Crippen LogP contribution in [-0.4, -0.2) is 64.1 Å². The first-order valence-corrected chi connectivity index (χ1v) is 14.4. The molecular formula is C29H26F2N3O8S-. The van der Waals surface area contributed by atoms with Crippen molar-refractivity contribution in [3.8, 4) is 22.8 Å². The Kier molecular flexibility index (Phi) is 8.23. The summed E-state index contributed by atoms with van der Waals surface area (Å²) < 4.78 is 57.1. The average molecular weight is 615 g/mol. The van der Waals surface area contributed by atoms with Gasteiger partial charge in [0.25, 0.3) is 5.35 Å². The van der Waals surface area contributed by atoms with Crippen LogP contribution >= 0.6 is 11.8 Å². The van der Waals surface area contributed by atoms with Gasteiger partial charge in [0.05, 0.1) is 25.4 Å². The van der Waals surface area contributed by atoms with Gasteiger partial charge in [-0.1, -0.05) is 23.9 Å². The molecule has 0 bridgehead atoms. The van der Waals surface area contributed by atoms with Gasteiger partial charge in [-0.15, -0.1) is 11.8 Å². The Morgan fingerprint density at radius 2 is 2.02 bits per heavy atom. The highest BCUT2D eigenvalue weighted by molar-refractivity contribution is 7.98. The summed E-state index contributed by atoms with van der Waals surface area (Å²) >= 11 is 1.39. The first-order valence-electron chi connectivity index (χ1n) is 13.4. The predicted molar refractivity (Wildman–Crippen MR) is 142 cm³/mol. The van der Waals surface area contributed by atoms with E-state index in [2.05, 4.69) is 5.11 Å². The van der Waals surface area contributed by atoms with Gasteiger partial charge in [-0.05, 0) is 39.2 Å². The molecule has 1 fully saturated rings. The van der Waals surface area contributed by atoms with Crippen LogP contribution in [0.25, 0.3) is 17.1 Å². The number of ether oxygens (including phenoxy) is 5. The van der Waals surface area contributed by atoms with Gasteiger partial charge in [0.1, 0.15) is 6.61 Å². The van der Waals surface area contributed by atoms with Crippen molar-refractivity contribution in [3.63, 3.8) is 0 Å². The smallest absolute Gasteiger partial charge is 0.511 e. The topological polar surface area (TPSA) is 131 Å². The van der Waals surface area contributed by atoms with Crippen molar-refractivity contribution >= 4 is 23.8 Å². The Labute approximate surface area is 248 Å². The first kappa shape index (κ1) is 29.0. The Morgan fingerprint density at radius 3 is 2.86 bits per heavy atom. The van der Waals surface area contributed by atoms with E-state index in [1.807, 2.05) is 24.3 Å². The van der Waals surface area contributed by atoms with Crippen LogP contribution in [0.5, 0.6) is 11.5 Å². The molecule has 6 rings (SSSR count). The van der Waals surface area contributed by atoms with Crippen molar-refractivity contribution in [3.05, 3.63) is 70.1 Å². The van der Waals surface area contributed by atoms with E-state index in [1.54, 1.807) is 0 Å². The number of nitrogens with zero attached hydrogens (tertiary/aromatic N) is 3. The van der Waals surface area contributed by atoms with E-state index in [4.69, 9.17) is 23.7 Å². The summed E-state index contributed by atoms with van der Waals surface area (Å²) in [5.41, 5.74) is 1.87. The maximum atomic E-state index is 15.2. The number of thioether (sulfide) groups is 1. The molecule has 43 heavy (non-hydrogen) atoms. The Morgan fingerprint density at radius 1 is 1.19 bits per heavy atom. The molecule has 11 nitrogen and oxygen atoms in total. The molecule has 0 saturated carbocycles. The molecule has 3 aliphatic heterocycles. The van der Waals surface area contributed by atoms with Crippen molar-refractivity contribution in [2.24, 2.45) is 5.11 Å². The molecule has 226 valence electrons. The lowest BCUT2D eigenvalue weighted by Gasteiger charge is -2.37. The fourth-order valence-electron chi connectivity index (χ4n) is 5.23. The molecular weight excluding hydrogens is 588 g/mol. The maximum absolute atomic E-state index is 15.2. The summed E-state index contributed by atoms with van der Waals surface area (Å²) in [5.74, 6) is -3.62. The molecule has 3 aliphatic rings. The van der Waals surface area contributed by atoms with Crippen LogP contribution in [0.15, 0.2) is 46.4 Å². The minimum Gasteiger partial charge on any atom is -0.870 e. The molecule has 1 aromatic heterocycles. The number of hydrogen-bond acceptors (Lipinski definition) is 11. The molecule has 3 aromatic rings. The van der Waals surface area contributed by atoms with Gasteiger partial charge < -0.3 is 38.8 Å². The SMILES string of the molecule is COCCOC(=O)OCOc1c([O-])cc(-c2cc(F)c(F)c3c2Cc2ccccc2SC3)[n+]2c1=C([O-])N1CCOC[C@H]1N=2. The summed E-state index contributed by atoms with van der Waals surface area (Å²) in [5, 5.41) is 31.8. The van der Waals surface area contributed by atoms with E-state index in [0.29, 0.717) is 5.56 Å². The third-order valence-corrected chi connectivity index (χ3v) is 8.41. The quantitative estimate of drug-likeness (QED) is 0.167. The maximum Gasteiger partial charge on any atom is 0.511 e. The van der Waals surface area contributed by atoms with E-state index < -0.39 is 48.1 Å². The van der Waals surface area contributed by atoms with E-state index in [1.165, 1.54) is 28.1 Å². The second kappa shape index (κ2) is 12.2. The number of benzene rings is 2. The zero-order valence-electron chi connectivity index (χ0n) is 23.0. The fourth-order valence-corrected chi connectivity index (χ4v) is 6.33. The van der Waals surface area contributed by atoms with Gasteiger partial charge in [0.2, 0.25) is 18.7 Å². The third kappa shape index (κ3) is 5.53. The number of rotatable bonds is 7. The number of morpholine rings is 1. The average Bonchev–Trinajstić information content (AvgIpc) is 3.20.